The van der Waals surface area contributed by atoms with E-state index in [1.54, 1.807) is 6.92 Å². The maximum Gasteiger partial charge on any atom is 0.240 e. The van der Waals surface area contributed by atoms with Gasteiger partial charge in [-0.2, -0.15) is 10.1 Å². The van der Waals surface area contributed by atoms with Gasteiger partial charge in [0, 0.05) is 19.4 Å². The molecule has 8 nitrogen and oxygen atoms in total. The molecule has 1 aliphatic heterocycles. The third kappa shape index (κ3) is 2.90. The lowest BCUT2D eigenvalue weighted by molar-refractivity contribution is -0.139. The van der Waals surface area contributed by atoms with Crippen LogP contribution in [0.3, 0.4) is 0 Å². The van der Waals surface area contributed by atoms with E-state index in [9.17, 15) is 14.4 Å². The SMILES string of the molecule is C[C@]1(c2ccccc2)CC(=O)N(CCC(=O)Nc2ncn[nH]2)C1=O. The van der Waals surface area contributed by atoms with Gasteiger partial charge in [0.1, 0.15) is 6.33 Å². The highest BCUT2D eigenvalue weighted by molar-refractivity contribution is 6.09. The fourth-order valence-electron chi connectivity index (χ4n) is 2.82. The minimum absolute atomic E-state index is 0.00303. The fraction of sp³-hybridized carbons (Fsp3) is 0.312. The molecule has 0 spiro atoms. The zero-order valence-corrected chi connectivity index (χ0v) is 13.2. The number of imide groups is 1. The highest BCUT2D eigenvalue weighted by Gasteiger charge is 2.49. The van der Waals surface area contributed by atoms with Crippen molar-refractivity contribution in [2.45, 2.75) is 25.2 Å². The van der Waals surface area contributed by atoms with Crippen molar-refractivity contribution in [3.05, 3.63) is 42.2 Å². The minimum Gasteiger partial charge on any atom is -0.295 e. The van der Waals surface area contributed by atoms with Crippen LogP contribution in [-0.4, -0.2) is 44.3 Å². The predicted octanol–water partition coefficient (Wildman–Crippen LogP) is 0.850. The Labute approximate surface area is 138 Å². The first-order chi connectivity index (χ1) is 11.5. The van der Waals surface area contributed by atoms with Crippen molar-refractivity contribution in [3.63, 3.8) is 0 Å². The number of likely N-dealkylation sites (tertiary alicyclic amines) is 1. The number of benzene rings is 1. The van der Waals surface area contributed by atoms with Crippen LogP contribution in [0.2, 0.25) is 0 Å². The smallest absolute Gasteiger partial charge is 0.240 e. The van der Waals surface area contributed by atoms with E-state index in [-0.39, 0.29) is 43.1 Å². The molecule has 24 heavy (non-hydrogen) atoms. The van der Waals surface area contributed by atoms with Gasteiger partial charge < -0.3 is 0 Å². The zero-order chi connectivity index (χ0) is 17.2. The van der Waals surface area contributed by atoms with Crippen molar-refractivity contribution in [1.82, 2.24) is 20.1 Å². The molecule has 1 aromatic heterocycles. The summed E-state index contributed by atoms with van der Waals surface area (Å²) in [6, 6.07) is 9.22. The van der Waals surface area contributed by atoms with Gasteiger partial charge in [0.05, 0.1) is 5.41 Å². The molecular formula is C16H17N5O3. The lowest BCUT2D eigenvalue weighted by Gasteiger charge is -2.22. The van der Waals surface area contributed by atoms with Crippen LogP contribution in [-0.2, 0) is 19.8 Å². The van der Waals surface area contributed by atoms with Crippen LogP contribution in [0.4, 0.5) is 5.95 Å². The molecule has 2 aromatic rings. The minimum atomic E-state index is -0.875. The summed E-state index contributed by atoms with van der Waals surface area (Å²) in [5.41, 5.74) is -0.0725. The zero-order valence-electron chi connectivity index (χ0n) is 13.2. The lowest BCUT2D eigenvalue weighted by atomic mass is 9.81. The molecule has 124 valence electrons. The summed E-state index contributed by atoms with van der Waals surface area (Å²) in [6.07, 6.45) is 1.39. The Bertz CT molecular complexity index is 759. The van der Waals surface area contributed by atoms with E-state index in [4.69, 9.17) is 0 Å². The van der Waals surface area contributed by atoms with Crippen LogP contribution >= 0.6 is 0 Å². The Balaban J connectivity index is 1.65. The number of amides is 3. The molecule has 0 radical (unpaired) electrons. The number of hydrogen-bond donors (Lipinski definition) is 2. The first kappa shape index (κ1) is 15.9. The van der Waals surface area contributed by atoms with Gasteiger partial charge in [-0.15, -0.1) is 0 Å². The van der Waals surface area contributed by atoms with E-state index in [1.165, 1.54) is 6.33 Å². The van der Waals surface area contributed by atoms with Gasteiger partial charge >= 0.3 is 0 Å². The van der Waals surface area contributed by atoms with Crippen LogP contribution in [0.25, 0.3) is 0 Å². The first-order valence-corrected chi connectivity index (χ1v) is 7.56. The normalized spacial score (nSPS) is 20.5. The summed E-state index contributed by atoms with van der Waals surface area (Å²) < 4.78 is 0. The molecule has 3 rings (SSSR count). The maximum absolute atomic E-state index is 12.7. The van der Waals surface area contributed by atoms with E-state index in [2.05, 4.69) is 20.5 Å². The van der Waals surface area contributed by atoms with Gasteiger partial charge in [-0.25, -0.2) is 5.10 Å². The van der Waals surface area contributed by atoms with E-state index >= 15 is 0 Å². The summed E-state index contributed by atoms with van der Waals surface area (Å²) in [6.45, 7) is 1.80. The van der Waals surface area contributed by atoms with E-state index in [0.717, 1.165) is 10.5 Å². The second kappa shape index (κ2) is 6.23. The van der Waals surface area contributed by atoms with Crippen molar-refractivity contribution in [3.8, 4) is 0 Å². The average Bonchev–Trinajstić information content (AvgIpc) is 3.15. The summed E-state index contributed by atoms with van der Waals surface area (Å²) in [5, 5.41) is 8.64. The topological polar surface area (TPSA) is 108 Å². The molecule has 2 heterocycles. The molecule has 1 atom stereocenters. The molecule has 1 aromatic carbocycles. The molecule has 0 unspecified atom stereocenters. The lowest BCUT2D eigenvalue weighted by Crippen LogP contribution is -2.38. The average molecular weight is 327 g/mol. The van der Waals surface area contributed by atoms with Crippen molar-refractivity contribution < 1.29 is 14.4 Å². The summed E-state index contributed by atoms with van der Waals surface area (Å²) >= 11 is 0. The molecular weight excluding hydrogens is 310 g/mol. The standard InChI is InChI=1S/C16H17N5O3/c1-16(11-5-3-2-4-6-11)9-13(23)21(14(16)24)8-7-12(22)19-15-17-10-18-20-15/h2-6,10H,7-9H2,1H3,(H2,17,18,19,20,22)/t16-/m1/s1. The van der Waals surface area contributed by atoms with Gasteiger partial charge in [0.2, 0.25) is 23.7 Å². The number of anilines is 1. The molecule has 0 aliphatic carbocycles. The van der Waals surface area contributed by atoms with Crippen LogP contribution in [0.15, 0.2) is 36.7 Å². The number of hydrogen-bond acceptors (Lipinski definition) is 5. The van der Waals surface area contributed by atoms with Gasteiger partial charge in [-0.3, -0.25) is 24.6 Å². The third-order valence-corrected chi connectivity index (χ3v) is 4.17. The van der Waals surface area contributed by atoms with Crippen molar-refractivity contribution >= 4 is 23.7 Å². The molecule has 8 heteroatoms. The number of carbonyl (C=O) groups is 3. The number of rotatable bonds is 5. The molecule has 0 bridgehead atoms. The van der Waals surface area contributed by atoms with Gasteiger partial charge in [-0.05, 0) is 12.5 Å². The highest BCUT2D eigenvalue weighted by Crippen LogP contribution is 2.36. The second-order valence-corrected chi connectivity index (χ2v) is 5.86. The number of nitrogens with one attached hydrogen (secondary N) is 2. The number of H-pyrrole nitrogens is 1. The second-order valence-electron chi connectivity index (χ2n) is 5.86. The summed E-state index contributed by atoms with van der Waals surface area (Å²) in [4.78, 5) is 41.8. The highest BCUT2D eigenvalue weighted by atomic mass is 16.2. The van der Waals surface area contributed by atoms with Crippen molar-refractivity contribution in [1.29, 1.82) is 0 Å². The van der Waals surface area contributed by atoms with Crippen molar-refractivity contribution in [2.24, 2.45) is 0 Å². The Morgan fingerprint density at radius 2 is 2.08 bits per heavy atom. The molecule has 1 aliphatic rings. The quantitative estimate of drug-likeness (QED) is 0.792. The van der Waals surface area contributed by atoms with Crippen LogP contribution in [0, 0.1) is 0 Å². The molecule has 0 saturated carbocycles. The Hall–Kier alpha value is -3.03. The van der Waals surface area contributed by atoms with Gasteiger partial charge in [-0.1, -0.05) is 30.3 Å². The van der Waals surface area contributed by atoms with Crippen molar-refractivity contribution in [2.75, 3.05) is 11.9 Å². The monoisotopic (exact) mass is 327 g/mol. The predicted molar refractivity (Wildman–Crippen MR) is 84.8 cm³/mol. The van der Waals surface area contributed by atoms with Crippen LogP contribution in [0.5, 0.6) is 0 Å². The van der Waals surface area contributed by atoms with Crippen LogP contribution < -0.4 is 5.32 Å². The van der Waals surface area contributed by atoms with E-state index < -0.39 is 5.41 Å². The Morgan fingerprint density at radius 1 is 1.33 bits per heavy atom. The third-order valence-electron chi connectivity index (χ3n) is 4.17. The summed E-state index contributed by atoms with van der Waals surface area (Å²) in [7, 11) is 0. The summed E-state index contributed by atoms with van der Waals surface area (Å²) in [5.74, 6) is -0.654. The van der Waals surface area contributed by atoms with E-state index in [0.29, 0.717) is 0 Å². The Morgan fingerprint density at radius 3 is 2.75 bits per heavy atom. The molecule has 3 amide bonds. The van der Waals surface area contributed by atoms with Crippen LogP contribution in [0.1, 0.15) is 25.3 Å². The number of aromatic nitrogens is 3. The number of nitrogens with zero attached hydrogens (tertiary/aromatic N) is 3. The first-order valence-electron chi connectivity index (χ1n) is 7.56. The number of carbonyl (C=O) groups excluding carboxylic acids is 3. The molecule has 1 saturated heterocycles. The molecule has 2 N–H and O–H groups in total. The van der Waals surface area contributed by atoms with Gasteiger partial charge in [0.15, 0.2) is 0 Å². The van der Waals surface area contributed by atoms with Gasteiger partial charge in [0.25, 0.3) is 0 Å². The Kier molecular flexibility index (Phi) is 4.11. The largest absolute Gasteiger partial charge is 0.295 e. The number of aromatic amines is 1. The fourth-order valence-corrected chi connectivity index (χ4v) is 2.82. The molecule has 1 fully saturated rings. The maximum atomic E-state index is 12.7. The van der Waals surface area contributed by atoms with E-state index in [1.807, 2.05) is 30.3 Å².